The van der Waals surface area contributed by atoms with Crippen LogP contribution in [0.15, 0.2) is 42.5 Å². The van der Waals surface area contributed by atoms with E-state index in [1.165, 1.54) is 19.2 Å². The highest BCUT2D eigenvalue weighted by Crippen LogP contribution is 2.26. The van der Waals surface area contributed by atoms with E-state index < -0.39 is 27.9 Å². The van der Waals surface area contributed by atoms with Crippen molar-refractivity contribution < 1.29 is 22.7 Å². The van der Waals surface area contributed by atoms with Gasteiger partial charge in [0.05, 0.1) is 24.6 Å². The Balaban J connectivity index is 2.42. The van der Waals surface area contributed by atoms with Crippen molar-refractivity contribution in [1.29, 1.82) is 0 Å². The van der Waals surface area contributed by atoms with E-state index in [9.17, 15) is 18.0 Å². The summed E-state index contributed by atoms with van der Waals surface area (Å²) in [7, 11) is -2.51. The van der Waals surface area contributed by atoms with Crippen molar-refractivity contribution in [1.82, 2.24) is 0 Å². The van der Waals surface area contributed by atoms with E-state index in [0.717, 1.165) is 16.1 Å². The van der Waals surface area contributed by atoms with Crippen LogP contribution in [0.5, 0.6) is 0 Å². The highest BCUT2D eigenvalue weighted by atomic mass is 35.5. The van der Waals surface area contributed by atoms with Gasteiger partial charge >= 0.3 is 5.97 Å². The molecule has 0 aliphatic rings. The fraction of sp³-hybridized carbons (Fsp3) is 0.300. The predicted molar refractivity (Wildman–Crippen MR) is 114 cm³/mol. The Morgan fingerprint density at radius 2 is 1.90 bits per heavy atom. The Morgan fingerprint density at radius 3 is 2.45 bits per heavy atom. The van der Waals surface area contributed by atoms with E-state index in [4.69, 9.17) is 16.3 Å². The van der Waals surface area contributed by atoms with E-state index >= 15 is 0 Å². The number of anilines is 2. The molecule has 0 aliphatic heterocycles. The van der Waals surface area contributed by atoms with Gasteiger partial charge in [-0.3, -0.25) is 9.10 Å². The fourth-order valence-electron chi connectivity index (χ4n) is 2.89. The molecule has 0 heterocycles. The number of nitrogens with one attached hydrogen (secondary N) is 1. The molecule has 0 bridgehead atoms. The van der Waals surface area contributed by atoms with Crippen LogP contribution in [0.25, 0.3) is 0 Å². The molecule has 1 N–H and O–H groups in total. The smallest absolute Gasteiger partial charge is 0.337 e. The number of amides is 1. The van der Waals surface area contributed by atoms with Crippen molar-refractivity contribution in [3.63, 3.8) is 0 Å². The van der Waals surface area contributed by atoms with Crippen LogP contribution < -0.4 is 9.62 Å². The Hall–Kier alpha value is -2.58. The number of carbonyl (C=O) groups is 2. The van der Waals surface area contributed by atoms with Gasteiger partial charge in [0, 0.05) is 10.7 Å². The first-order valence-corrected chi connectivity index (χ1v) is 11.1. The Kier molecular flexibility index (Phi) is 7.26. The number of benzene rings is 2. The van der Waals surface area contributed by atoms with Gasteiger partial charge in [-0.15, -0.1) is 0 Å². The minimum absolute atomic E-state index is 0.223. The Morgan fingerprint density at radius 1 is 1.21 bits per heavy atom. The molecule has 0 aromatic heterocycles. The molecule has 0 radical (unpaired) electrons. The van der Waals surface area contributed by atoms with Gasteiger partial charge in [0.25, 0.3) is 0 Å². The second-order valence-electron chi connectivity index (χ2n) is 6.47. The first-order chi connectivity index (χ1) is 13.6. The fourth-order valence-corrected chi connectivity index (χ4v) is 4.28. The van der Waals surface area contributed by atoms with Crippen molar-refractivity contribution in [2.45, 2.75) is 26.3 Å². The maximum absolute atomic E-state index is 13.0. The number of hydrogen-bond acceptors (Lipinski definition) is 5. The Labute approximate surface area is 175 Å². The van der Waals surface area contributed by atoms with Crippen molar-refractivity contribution in [2.75, 3.05) is 23.0 Å². The molecular weight excluding hydrogens is 416 g/mol. The van der Waals surface area contributed by atoms with Crippen LogP contribution in [-0.4, -0.2) is 39.7 Å². The molecule has 0 spiro atoms. The van der Waals surface area contributed by atoms with Crippen molar-refractivity contribution in [3.8, 4) is 0 Å². The number of hydrogen-bond donors (Lipinski definition) is 1. The maximum atomic E-state index is 13.0. The molecule has 7 nitrogen and oxygen atoms in total. The molecule has 2 aromatic carbocycles. The second-order valence-corrected chi connectivity index (χ2v) is 8.77. The molecule has 1 atom stereocenters. The lowest BCUT2D eigenvalue weighted by Gasteiger charge is -2.30. The third-order valence-corrected chi connectivity index (χ3v) is 5.72. The van der Waals surface area contributed by atoms with Crippen LogP contribution in [0.4, 0.5) is 11.4 Å². The molecule has 0 fully saturated rings. The van der Waals surface area contributed by atoms with Crippen molar-refractivity contribution in [2.24, 2.45) is 0 Å². The van der Waals surface area contributed by atoms with Crippen molar-refractivity contribution >= 4 is 44.9 Å². The van der Waals surface area contributed by atoms with Crippen LogP contribution in [0, 0.1) is 6.92 Å². The molecule has 1 amide bonds. The molecule has 29 heavy (non-hydrogen) atoms. The lowest BCUT2D eigenvalue weighted by atomic mass is 10.1. The number of rotatable bonds is 7. The first kappa shape index (κ1) is 22.7. The number of sulfonamides is 1. The second kappa shape index (κ2) is 9.28. The molecular formula is C20H23ClN2O5S. The van der Waals surface area contributed by atoms with E-state index in [1.54, 1.807) is 44.2 Å². The van der Waals surface area contributed by atoms with E-state index in [0.29, 0.717) is 16.4 Å². The van der Waals surface area contributed by atoms with Gasteiger partial charge in [0.1, 0.15) is 6.04 Å². The number of carbonyl (C=O) groups excluding carboxylic acids is 2. The molecule has 0 saturated carbocycles. The van der Waals surface area contributed by atoms with Crippen LogP contribution in [-0.2, 0) is 19.6 Å². The highest BCUT2D eigenvalue weighted by Gasteiger charge is 2.32. The summed E-state index contributed by atoms with van der Waals surface area (Å²) in [5, 5.41) is 3.09. The summed E-state index contributed by atoms with van der Waals surface area (Å²) >= 11 is 6.01. The number of halogens is 1. The number of methoxy groups -OCH3 is 1. The minimum Gasteiger partial charge on any atom is -0.465 e. The maximum Gasteiger partial charge on any atom is 0.337 e. The van der Waals surface area contributed by atoms with E-state index in [1.807, 2.05) is 0 Å². The van der Waals surface area contributed by atoms with Gasteiger partial charge in [0.15, 0.2) is 0 Å². The number of esters is 1. The standard InChI is InChI=1S/C20H23ClN2O5S/c1-5-18(23(29(4,26)27)16-8-6-7-15(21)12-16)19(24)22-17-11-14(20(25)28-3)10-9-13(17)2/h6-12,18H,5H2,1-4H3,(H,22,24). The zero-order valence-electron chi connectivity index (χ0n) is 16.6. The van der Waals surface area contributed by atoms with E-state index in [-0.39, 0.29) is 12.0 Å². The monoisotopic (exact) mass is 438 g/mol. The van der Waals surface area contributed by atoms with Gasteiger partial charge < -0.3 is 10.1 Å². The van der Waals surface area contributed by atoms with Gasteiger partial charge in [-0.2, -0.15) is 0 Å². The molecule has 2 aromatic rings. The zero-order valence-corrected chi connectivity index (χ0v) is 18.2. The topological polar surface area (TPSA) is 92.8 Å². The van der Waals surface area contributed by atoms with Gasteiger partial charge in [-0.1, -0.05) is 30.7 Å². The molecule has 2 rings (SSSR count). The van der Waals surface area contributed by atoms with Crippen LogP contribution in [0.3, 0.4) is 0 Å². The largest absolute Gasteiger partial charge is 0.465 e. The summed E-state index contributed by atoms with van der Waals surface area (Å²) in [5.41, 5.74) is 1.68. The lowest BCUT2D eigenvalue weighted by Crippen LogP contribution is -2.47. The van der Waals surface area contributed by atoms with Gasteiger partial charge in [-0.05, 0) is 49.2 Å². The summed E-state index contributed by atoms with van der Waals surface area (Å²) < 4.78 is 30.7. The first-order valence-electron chi connectivity index (χ1n) is 8.83. The van der Waals surface area contributed by atoms with Crippen LogP contribution in [0.1, 0.15) is 29.3 Å². The third kappa shape index (κ3) is 5.48. The quantitative estimate of drug-likeness (QED) is 0.666. The third-order valence-electron chi connectivity index (χ3n) is 4.31. The molecule has 9 heteroatoms. The van der Waals surface area contributed by atoms with E-state index in [2.05, 4.69) is 5.32 Å². The molecule has 0 aliphatic carbocycles. The van der Waals surface area contributed by atoms with Gasteiger partial charge in [-0.25, -0.2) is 13.2 Å². The summed E-state index contributed by atoms with van der Waals surface area (Å²) in [4.78, 5) is 24.8. The zero-order chi connectivity index (χ0) is 21.8. The highest BCUT2D eigenvalue weighted by molar-refractivity contribution is 7.92. The number of aryl methyl sites for hydroxylation is 1. The number of ether oxygens (including phenoxy) is 1. The predicted octanol–water partition coefficient (Wildman–Crippen LogP) is 3.62. The SMILES string of the molecule is CCC(C(=O)Nc1cc(C(=O)OC)ccc1C)N(c1cccc(Cl)c1)S(C)(=O)=O. The summed E-state index contributed by atoms with van der Waals surface area (Å²) in [6, 6.07) is 10.0. The Bertz CT molecular complexity index is 1020. The molecule has 1 unspecified atom stereocenters. The summed E-state index contributed by atoms with van der Waals surface area (Å²) in [5.74, 6) is -1.06. The van der Waals surface area contributed by atoms with Gasteiger partial charge in [0.2, 0.25) is 15.9 Å². The van der Waals surface area contributed by atoms with Crippen LogP contribution in [0.2, 0.25) is 5.02 Å². The minimum atomic E-state index is -3.78. The average Bonchev–Trinajstić information content (AvgIpc) is 2.65. The average molecular weight is 439 g/mol. The molecule has 0 saturated heterocycles. The number of nitrogens with zero attached hydrogens (tertiary/aromatic N) is 1. The lowest BCUT2D eigenvalue weighted by molar-refractivity contribution is -0.117. The summed E-state index contributed by atoms with van der Waals surface area (Å²) in [6.45, 7) is 3.48. The van der Waals surface area contributed by atoms with Crippen LogP contribution >= 0.6 is 11.6 Å². The van der Waals surface area contributed by atoms with Crippen molar-refractivity contribution in [3.05, 3.63) is 58.6 Å². The summed E-state index contributed by atoms with van der Waals surface area (Å²) in [6.07, 6.45) is 1.26. The molecule has 156 valence electrons. The normalized spacial score (nSPS) is 12.2.